The number of amides is 2. The molecule has 116 valence electrons. The van der Waals surface area contributed by atoms with Crippen LogP contribution in [-0.4, -0.2) is 24.9 Å². The normalized spacial score (nSPS) is 44.1. The summed E-state index contributed by atoms with van der Waals surface area (Å²) >= 11 is 0. The fraction of sp³-hybridized carbons (Fsp3) is 0.875. The maximum atomic E-state index is 12.3. The fourth-order valence-corrected chi connectivity index (χ4v) is 6.77. The third kappa shape index (κ3) is 1.46. The maximum Gasteiger partial charge on any atom is 0.221 e. The van der Waals surface area contributed by atoms with E-state index in [-0.39, 0.29) is 34.5 Å². The van der Waals surface area contributed by atoms with Gasteiger partial charge in [-0.3, -0.25) is 9.59 Å². The smallest absolute Gasteiger partial charge is 0.221 e. The second-order valence-corrected chi connectivity index (χ2v) is 7.67. The lowest BCUT2D eigenvalue weighted by Gasteiger charge is -2.46. The number of primary amides is 2. The van der Waals surface area contributed by atoms with E-state index in [2.05, 4.69) is 5.32 Å². The van der Waals surface area contributed by atoms with Crippen LogP contribution in [0.25, 0.3) is 0 Å². The van der Waals surface area contributed by atoms with Crippen molar-refractivity contribution in [2.75, 3.05) is 13.1 Å². The molecule has 5 heteroatoms. The number of carbonyl (C=O) groups excluding carboxylic acids is 2. The van der Waals surface area contributed by atoms with E-state index in [1.54, 1.807) is 0 Å². The molecule has 21 heavy (non-hydrogen) atoms. The third-order valence-electron chi connectivity index (χ3n) is 7.34. The molecule has 0 aromatic heterocycles. The van der Waals surface area contributed by atoms with Gasteiger partial charge in [0.2, 0.25) is 11.8 Å². The van der Waals surface area contributed by atoms with Crippen molar-refractivity contribution >= 4 is 11.8 Å². The van der Waals surface area contributed by atoms with Crippen LogP contribution in [0.4, 0.5) is 0 Å². The van der Waals surface area contributed by atoms with Crippen molar-refractivity contribution in [2.45, 2.75) is 38.5 Å². The monoisotopic (exact) mass is 291 g/mol. The highest BCUT2D eigenvalue weighted by Gasteiger charge is 2.80. The van der Waals surface area contributed by atoms with Gasteiger partial charge in [-0.2, -0.15) is 0 Å². The van der Waals surface area contributed by atoms with Crippen molar-refractivity contribution in [3.8, 4) is 0 Å². The molecule has 4 aliphatic rings. The molecule has 1 spiro atoms. The summed E-state index contributed by atoms with van der Waals surface area (Å²) in [5.74, 6) is -0.389. The Morgan fingerprint density at radius 2 is 1.62 bits per heavy atom. The molecule has 5 N–H and O–H groups in total. The first-order valence-electron chi connectivity index (χ1n) is 8.34. The molecule has 5 nitrogen and oxygen atoms in total. The minimum atomic E-state index is -0.320. The molecule has 0 aromatic rings. The molecule has 3 aliphatic carbocycles. The lowest BCUT2D eigenvalue weighted by Crippen LogP contribution is -2.51. The number of nitrogens with one attached hydrogen (secondary N) is 1. The zero-order valence-electron chi connectivity index (χ0n) is 12.4. The molecule has 4 unspecified atom stereocenters. The molecule has 2 amide bonds. The van der Waals surface area contributed by atoms with Crippen LogP contribution in [0.15, 0.2) is 0 Å². The number of piperidine rings is 1. The van der Waals surface area contributed by atoms with Gasteiger partial charge in [-0.1, -0.05) is 0 Å². The van der Waals surface area contributed by atoms with Crippen LogP contribution in [0.1, 0.15) is 38.5 Å². The zero-order chi connectivity index (χ0) is 14.8. The van der Waals surface area contributed by atoms with Crippen molar-refractivity contribution in [3.05, 3.63) is 0 Å². The summed E-state index contributed by atoms with van der Waals surface area (Å²) in [5, 5.41) is 3.41. The van der Waals surface area contributed by atoms with Crippen LogP contribution in [0, 0.1) is 34.5 Å². The van der Waals surface area contributed by atoms with Gasteiger partial charge >= 0.3 is 0 Å². The fourth-order valence-electron chi connectivity index (χ4n) is 6.77. The highest BCUT2D eigenvalue weighted by Crippen LogP contribution is 2.83. The molecule has 4 atom stereocenters. The van der Waals surface area contributed by atoms with Crippen molar-refractivity contribution < 1.29 is 9.59 Å². The van der Waals surface area contributed by atoms with Gasteiger partial charge in [-0.15, -0.1) is 0 Å². The average Bonchev–Trinajstić information content (AvgIpc) is 3.16. The van der Waals surface area contributed by atoms with E-state index in [9.17, 15) is 9.59 Å². The summed E-state index contributed by atoms with van der Waals surface area (Å²) in [6, 6.07) is 0. The molecule has 1 heterocycles. The first-order valence-corrected chi connectivity index (χ1v) is 8.34. The van der Waals surface area contributed by atoms with E-state index in [1.807, 2.05) is 0 Å². The third-order valence-corrected chi connectivity index (χ3v) is 7.34. The largest absolute Gasteiger partial charge is 0.369 e. The second kappa shape index (κ2) is 4.22. The van der Waals surface area contributed by atoms with Crippen molar-refractivity contribution in [1.29, 1.82) is 0 Å². The van der Waals surface area contributed by atoms with Crippen molar-refractivity contribution in [3.63, 3.8) is 0 Å². The van der Waals surface area contributed by atoms with Gasteiger partial charge in [0.15, 0.2) is 0 Å². The Bertz CT molecular complexity index is 496. The van der Waals surface area contributed by atoms with Crippen LogP contribution >= 0.6 is 0 Å². The summed E-state index contributed by atoms with van der Waals surface area (Å²) in [7, 11) is 0. The molecule has 1 aliphatic heterocycles. The van der Waals surface area contributed by atoms with Crippen molar-refractivity contribution in [1.82, 2.24) is 5.32 Å². The Morgan fingerprint density at radius 3 is 2.14 bits per heavy atom. The number of nitrogens with two attached hydrogens (primary N) is 2. The van der Waals surface area contributed by atoms with Gasteiger partial charge in [0, 0.05) is 0 Å². The lowest BCUT2D eigenvalue weighted by molar-refractivity contribution is -0.138. The topological polar surface area (TPSA) is 98.2 Å². The average molecular weight is 291 g/mol. The standard InChI is InChI=1S/C16H25N3O2/c17-13(20)11-10-1-4-16(12(11)14(18)21,15(10)5-6-15)9-2-7-19-8-3-9/h9-12,19H,1-8H2,(H2,17,20)(H2,18,21). The minimum Gasteiger partial charge on any atom is -0.369 e. The van der Waals surface area contributed by atoms with Gasteiger partial charge in [0.25, 0.3) is 0 Å². The Kier molecular flexibility index (Phi) is 2.72. The Balaban J connectivity index is 1.81. The molecular weight excluding hydrogens is 266 g/mol. The van der Waals surface area contributed by atoms with E-state index < -0.39 is 0 Å². The van der Waals surface area contributed by atoms with Gasteiger partial charge in [-0.25, -0.2) is 0 Å². The summed E-state index contributed by atoms with van der Waals surface area (Å²) in [4.78, 5) is 24.3. The predicted molar refractivity (Wildman–Crippen MR) is 77.8 cm³/mol. The Hall–Kier alpha value is -1.10. The van der Waals surface area contributed by atoms with Crippen molar-refractivity contribution in [2.24, 2.45) is 46.0 Å². The van der Waals surface area contributed by atoms with Gasteiger partial charge in [-0.05, 0) is 74.3 Å². The quantitative estimate of drug-likeness (QED) is 0.701. The maximum absolute atomic E-state index is 12.3. The van der Waals surface area contributed by atoms with E-state index in [1.165, 1.54) is 0 Å². The van der Waals surface area contributed by atoms with E-state index >= 15 is 0 Å². The molecular formula is C16H25N3O2. The van der Waals surface area contributed by atoms with Crippen LogP contribution in [0.3, 0.4) is 0 Å². The Labute approximate surface area is 125 Å². The summed E-state index contributed by atoms with van der Waals surface area (Å²) in [5.41, 5.74) is 11.6. The lowest BCUT2D eigenvalue weighted by atomic mass is 9.58. The minimum absolute atomic E-state index is 0.0364. The molecule has 0 radical (unpaired) electrons. The van der Waals surface area contributed by atoms with Gasteiger partial charge < -0.3 is 16.8 Å². The molecule has 2 bridgehead atoms. The molecule has 0 aromatic carbocycles. The van der Waals surface area contributed by atoms with Crippen LogP contribution in [-0.2, 0) is 9.59 Å². The summed E-state index contributed by atoms with van der Waals surface area (Å²) in [6.07, 6.45) is 6.65. The Morgan fingerprint density at radius 1 is 0.952 bits per heavy atom. The number of hydrogen-bond donors (Lipinski definition) is 3. The first kappa shape index (κ1) is 13.6. The van der Waals surface area contributed by atoms with Crippen LogP contribution < -0.4 is 16.8 Å². The highest BCUT2D eigenvalue weighted by atomic mass is 16.2. The molecule has 4 rings (SSSR count). The van der Waals surface area contributed by atoms with Crippen LogP contribution in [0.5, 0.6) is 0 Å². The van der Waals surface area contributed by atoms with Gasteiger partial charge in [0.05, 0.1) is 11.8 Å². The van der Waals surface area contributed by atoms with Gasteiger partial charge in [0.1, 0.15) is 0 Å². The number of carbonyl (C=O) groups is 2. The van der Waals surface area contributed by atoms with Crippen LogP contribution in [0.2, 0.25) is 0 Å². The number of hydrogen-bond acceptors (Lipinski definition) is 3. The number of rotatable bonds is 3. The van der Waals surface area contributed by atoms with E-state index in [4.69, 9.17) is 11.5 Å². The SMILES string of the molecule is NC(=O)C1C2CCC(C3CCNCC3)(C1C(N)=O)C21CC1. The molecule has 4 fully saturated rings. The highest BCUT2D eigenvalue weighted by molar-refractivity contribution is 5.88. The molecule has 1 saturated heterocycles. The predicted octanol–water partition coefficient (Wildman–Crippen LogP) is 0.379. The van der Waals surface area contributed by atoms with E-state index in [0.717, 1.165) is 51.6 Å². The summed E-state index contributed by atoms with van der Waals surface area (Å²) in [6.45, 7) is 2.03. The molecule has 3 saturated carbocycles. The second-order valence-electron chi connectivity index (χ2n) is 7.67. The zero-order valence-corrected chi connectivity index (χ0v) is 12.4. The first-order chi connectivity index (χ1) is 10.0. The van der Waals surface area contributed by atoms with E-state index in [0.29, 0.717) is 11.8 Å². The summed E-state index contributed by atoms with van der Waals surface area (Å²) < 4.78 is 0.